The number of ether oxygens (including phenoxy) is 1. The summed E-state index contributed by atoms with van der Waals surface area (Å²) in [6.45, 7) is 9.87. The molecule has 5 nitrogen and oxygen atoms in total. The molecule has 1 aromatic heterocycles. The van der Waals surface area contributed by atoms with Crippen LogP contribution in [0.25, 0.3) is 0 Å². The first-order valence-electron chi connectivity index (χ1n) is 9.32. The lowest BCUT2D eigenvalue weighted by Crippen LogP contribution is -2.20. The molecule has 0 spiro atoms. The number of carbonyl (C=O) groups excluding carboxylic acids is 1. The Balaban J connectivity index is 1.77. The summed E-state index contributed by atoms with van der Waals surface area (Å²) in [5, 5.41) is 7.72. The molecule has 26 heavy (non-hydrogen) atoms. The first-order chi connectivity index (χ1) is 12.4. The van der Waals surface area contributed by atoms with E-state index in [1.807, 2.05) is 0 Å². The van der Waals surface area contributed by atoms with E-state index >= 15 is 0 Å². The van der Waals surface area contributed by atoms with Crippen LogP contribution in [0.4, 0.5) is 0 Å². The van der Waals surface area contributed by atoms with Crippen LogP contribution < -0.4 is 0 Å². The highest BCUT2D eigenvalue weighted by atomic mass is 16.5. The van der Waals surface area contributed by atoms with Crippen LogP contribution in [-0.2, 0) is 42.1 Å². The maximum Gasteiger partial charge on any atom is 0.302 e. The number of fused-ring (bicyclic) bond motifs is 1. The molecule has 2 aromatic rings. The van der Waals surface area contributed by atoms with Gasteiger partial charge in [0.05, 0.1) is 5.69 Å². The summed E-state index contributed by atoms with van der Waals surface area (Å²) in [6.07, 6.45) is 3.50. The molecule has 0 atom stereocenters. The minimum Gasteiger partial charge on any atom is -0.461 e. The molecule has 0 aliphatic heterocycles. The number of nitrogens with one attached hydrogen (secondary N) is 1. The molecule has 0 unspecified atom stereocenters. The first kappa shape index (κ1) is 18.6. The van der Waals surface area contributed by atoms with Gasteiger partial charge in [-0.2, -0.15) is 5.10 Å². The van der Waals surface area contributed by atoms with Crippen LogP contribution in [0.3, 0.4) is 0 Å². The Bertz CT molecular complexity index is 823. The molecule has 0 bridgehead atoms. The van der Waals surface area contributed by atoms with E-state index in [-0.39, 0.29) is 5.97 Å². The second kappa shape index (κ2) is 7.62. The lowest BCUT2D eigenvalue weighted by Gasteiger charge is -2.22. The smallest absolute Gasteiger partial charge is 0.302 e. The van der Waals surface area contributed by atoms with Gasteiger partial charge in [0, 0.05) is 25.7 Å². The van der Waals surface area contributed by atoms with Gasteiger partial charge in [-0.1, -0.05) is 6.07 Å². The standard InChI is InChI=1S/C21H29N3O2/c1-13-9-14(2)19(12-26-16(4)25)15(3)18(13)10-24(5)11-21-17-7-6-8-20(17)22-23-21/h9H,6-8,10-12H2,1-5H3,(H,22,23). The van der Waals surface area contributed by atoms with Gasteiger partial charge < -0.3 is 4.74 Å². The molecule has 140 valence electrons. The SMILES string of the molecule is CC(=O)OCc1c(C)cc(C)c(CN(C)Cc2n[nH]c3c2CCC3)c1C. The van der Waals surface area contributed by atoms with E-state index in [9.17, 15) is 4.79 Å². The van der Waals surface area contributed by atoms with Gasteiger partial charge in [-0.15, -0.1) is 0 Å². The highest BCUT2D eigenvalue weighted by Gasteiger charge is 2.20. The Kier molecular flexibility index (Phi) is 5.47. The van der Waals surface area contributed by atoms with Crippen LogP contribution in [0.15, 0.2) is 6.07 Å². The maximum atomic E-state index is 11.2. The zero-order valence-electron chi connectivity index (χ0n) is 16.5. The van der Waals surface area contributed by atoms with Crippen LogP contribution in [0.5, 0.6) is 0 Å². The molecule has 0 radical (unpaired) electrons. The van der Waals surface area contributed by atoms with Crippen LogP contribution in [0, 0.1) is 20.8 Å². The highest BCUT2D eigenvalue weighted by molar-refractivity contribution is 5.66. The Hall–Kier alpha value is -2.14. The number of aryl methyl sites for hydroxylation is 3. The van der Waals surface area contributed by atoms with Crippen molar-refractivity contribution in [3.8, 4) is 0 Å². The van der Waals surface area contributed by atoms with E-state index in [1.165, 1.54) is 52.5 Å². The van der Waals surface area contributed by atoms with E-state index in [0.717, 1.165) is 31.5 Å². The quantitative estimate of drug-likeness (QED) is 0.806. The van der Waals surface area contributed by atoms with E-state index in [0.29, 0.717) is 6.61 Å². The van der Waals surface area contributed by atoms with Crippen LogP contribution in [0.1, 0.15) is 58.1 Å². The average Bonchev–Trinajstić information content (AvgIpc) is 3.16. The molecule has 1 aromatic carbocycles. The molecular weight excluding hydrogens is 326 g/mol. The van der Waals surface area contributed by atoms with E-state index < -0.39 is 0 Å². The Morgan fingerprint density at radius 2 is 1.92 bits per heavy atom. The first-order valence-corrected chi connectivity index (χ1v) is 9.32. The van der Waals surface area contributed by atoms with E-state index in [1.54, 1.807) is 0 Å². The molecule has 5 heteroatoms. The molecule has 3 rings (SSSR count). The van der Waals surface area contributed by atoms with Gasteiger partial charge in [0.2, 0.25) is 0 Å². The van der Waals surface area contributed by atoms with Gasteiger partial charge in [0.25, 0.3) is 0 Å². The predicted octanol–water partition coefficient (Wildman–Crippen LogP) is 3.52. The summed E-state index contributed by atoms with van der Waals surface area (Å²) in [4.78, 5) is 13.5. The normalized spacial score (nSPS) is 13.3. The number of aromatic amines is 1. The van der Waals surface area contributed by atoms with Crippen LogP contribution in [-0.4, -0.2) is 28.1 Å². The second-order valence-electron chi connectivity index (χ2n) is 7.53. The number of aromatic nitrogens is 2. The lowest BCUT2D eigenvalue weighted by molar-refractivity contribution is -0.142. The largest absolute Gasteiger partial charge is 0.461 e. The second-order valence-corrected chi connectivity index (χ2v) is 7.53. The fraction of sp³-hybridized carbons (Fsp3) is 0.524. The maximum absolute atomic E-state index is 11.2. The third-order valence-electron chi connectivity index (χ3n) is 5.45. The topological polar surface area (TPSA) is 58.2 Å². The van der Waals surface area contributed by atoms with Crippen molar-refractivity contribution in [1.82, 2.24) is 15.1 Å². The molecule has 1 aliphatic rings. The molecular formula is C21H29N3O2. The summed E-state index contributed by atoms with van der Waals surface area (Å²) in [5.41, 5.74) is 10.0. The van der Waals surface area contributed by atoms with Gasteiger partial charge in [0.15, 0.2) is 0 Å². The fourth-order valence-electron chi connectivity index (χ4n) is 4.01. The van der Waals surface area contributed by atoms with Crippen LogP contribution >= 0.6 is 0 Å². The van der Waals surface area contributed by atoms with Crippen LogP contribution in [0.2, 0.25) is 0 Å². The van der Waals surface area contributed by atoms with Gasteiger partial charge >= 0.3 is 5.97 Å². The number of hydrogen-bond acceptors (Lipinski definition) is 4. The van der Waals surface area contributed by atoms with Gasteiger partial charge in [-0.3, -0.25) is 14.8 Å². The summed E-state index contributed by atoms with van der Waals surface area (Å²) in [5.74, 6) is -0.240. The molecule has 0 saturated carbocycles. The summed E-state index contributed by atoms with van der Waals surface area (Å²) in [7, 11) is 2.14. The van der Waals surface area contributed by atoms with Crippen molar-refractivity contribution in [2.75, 3.05) is 7.05 Å². The number of esters is 1. The number of hydrogen-bond donors (Lipinski definition) is 1. The third kappa shape index (κ3) is 3.83. The third-order valence-corrected chi connectivity index (χ3v) is 5.45. The molecule has 0 amide bonds. The highest BCUT2D eigenvalue weighted by Crippen LogP contribution is 2.26. The average molecular weight is 355 g/mol. The molecule has 0 fully saturated rings. The van der Waals surface area contributed by atoms with Gasteiger partial charge in [-0.05, 0) is 80.5 Å². The Morgan fingerprint density at radius 1 is 1.19 bits per heavy atom. The zero-order chi connectivity index (χ0) is 18.8. The molecule has 1 aliphatic carbocycles. The van der Waals surface area contributed by atoms with Crippen molar-refractivity contribution < 1.29 is 9.53 Å². The number of carbonyl (C=O) groups is 1. The zero-order valence-corrected chi connectivity index (χ0v) is 16.5. The molecule has 0 saturated heterocycles. The molecule has 1 N–H and O–H groups in total. The summed E-state index contributed by atoms with van der Waals surface area (Å²) >= 11 is 0. The molecule has 1 heterocycles. The minimum atomic E-state index is -0.240. The van der Waals surface area contributed by atoms with E-state index in [4.69, 9.17) is 4.74 Å². The predicted molar refractivity (Wildman–Crippen MR) is 102 cm³/mol. The fourth-order valence-corrected chi connectivity index (χ4v) is 4.01. The van der Waals surface area contributed by atoms with Crippen molar-refractivity contribution >= 4 is 5.97 Å². The number of rotatable bonds is 6. The number of nitrogens with zero attached hydrogens (tertiary/aromatic N) is 2. The van der Waals surface area contributed by atoms with E-state index in [2.05, 4.69) is 49.0 Å². The number of H-pyrrole nitrogens is 1. The monoisotopic (exact) mass is 355 g/mol. The minimum absolute atomic E-state index is 0.240. The van der Waals surface area contributed by atoms with Crippen molar-refractivity contribution in [2.24, 2.45) is 0 Å². The number of benzene rings is 1. The summed E-state index contributed by atoms with van der Waals surface area (Å²) in [6, 6.07) is 2.20. The Labute approximate surface area is 155 Å². The Morgan fingerprint density at radius 3 is 2.65 bits per heavy atom. The van der Waals surface area contributed by atoms with Crippen molar-refractivity contribution in [1.29, 1.82) is 0 Å². The van der Waals surface area contributed by atoms with Crippen molar-refractivity contribution in [2.45, 2.75) is 66.7 Å². The lowest BCUT2D eigenvalue weighted by atomic mass is 9.93. The summed E-state index contributed by atoms with van der Waals surface area (Å²) < 4.78 is 5.26. The van der Waals surface area contributed by atoms with Crippen molar-refractivity contribution in [3.63, 3.8) is 0 Å². The van der Waals surface area contributed by atoms with Crippen molar-refractivity contribution in [3.05, 3.63) is 50.8 Å². The van der Waals surface area contributed by atoms with Gasteiger partial charge in [0.1, 0.15) is 6.61 Å². The van der Waals surface area contributed by atoms with Gasteiger partial charge in [-0.25, -0.2) is 0 Å².